The second kappa shape index (κ2) is 12.9. The van der Waals surface area contributed by atoms with Crippen LogP contribution in [0.5, 0.6) is 0 Å². The normalized spacial score (nSPS) is 25.4. The number of rotatable bonds is 12. The Labute approximate surface area is 229 Å². The third kappa shape index (κ3) is 10.1. The molecule has 0 aliphatic heterocycles. The summed E-state index contributed by atoms with van der Waals surface area (Å²) < 4.78 is 92.6. The lowest BCUT2D eigenvalue weighted by molar-refractivity contribution is -0.304. The molecular formula is C24H30F6I2O3. The maximum atomic E-state index is 12.8. The summed E-state index contributed by atoms with van der Waals surface area (Å²) >= 11 is 3.63. The number of allylic oxidation sites excluding steroid dienone is 2. The van der Waals surface area contributed by atoms with Gasteiger partial charge < -0.3 is 14.2 Å². The fraction of sp³-hybridized carbons (Fsp3) is 0.667. The van der Waals surface area contributed by atoms with Crippen molar-refractivity contribution in [3.8, 4) is 0 Å². The lowest BCUT2D eigenvalue weighted by Gasteiger charge is -2.44. The average molecular weight is 734 g/mol. The van der Waals surface area contributed by atoms with Gasteiger partial charge in [-0.15, -0.1) is 26.3 Å². The van der Waals surface area contributed by atoms with Gasteiger partial charge >= 0.3 is 12.7 Å². The second-order valence-electron chi connectivity index (χ2n) is 8.77. The number of alkyl halides is 6. The quantitative estimate of drug-likeness (QED) is 0.114. The fourth-order valence-electron chi connectivity index (χ4n) is 4.22. The Kier molecular flexibility index (Phi) is 11.3. The summed E-state index contributed by atoms with van der Waals surface area (Å²) in [5.74, 6) is -0.523. The summed E-state index contributed by atoms with van der Waals surface area (Å²) in [5.41, 5.74) is -1.81. The molecule has 0 amide bonds. The zero-order chi connectivity index (χ0) is 26.3. The molecule has 0 radical (unpaired) electrons. The topological polar surface area (TPSA) is 27.7 Å². The Morgan fingerprint density at radius 3 is 1.37 bits per heavy atom. The van der Waals surface area contributed by atoms with E-state index in [1.54, 1.807) is 12.2 Å². The van der Waals surface area contributed by atoms with Gasteiger partial charge in [0.05, 0.1) is 18.4 Å². The monoisotopic (exact) mass is 734 g/mol. The average Bonchev–Trinajstić information content (AvgIpc) is 2.71. The first kappa shape index (κ1) is 30.8. The first-order chi connectivity index (χ1) is 16.2. The molecule has 0 N–H and O–H groups in total. The van der Waals surface area contributed by atoms with Gasteiger partial charge in [0.15, 0.2) is 0 Å². The van der Waals surface area contributed by atoms with Crippen molar-refractivity contribution < 1.29 is 40.6 Å². The maximum Gasteiger partial charge on any atom is 0.573 e. The largest absolute Gasteiger partial charge is 0.573 e. The predicted octanol–water partition coefficient (Wildman–Crippen LogP) is 9.93. The van der Waals surface area contributed by atoms with Crippen LogP contribution in [0.4, 0.5) is 26.3 Å². The van der Waals surface area contributed by atoms with Crippen LogP contribution < -0.4 is 0 Å². The highest BCUT2D eigenvalue weighted by Gasteiger charge is 2.44. The van der Waals surface area contributed by atoms with E-state index in [1.807, 2.05) is 45.2 Å². The minimum atomic E-state index is -4.80. The van der Waals surface area contributed by atoms with Gasteiger partial charge in [0, 0.05) is 12.8 Å². The third-order valence-electron chi connectivity index (χ3n) is 5.78. The number of ether oxygens (including phenoxy) is 3. The first-order valence-corrected chi connectivity index (χ1v) is 13.8. The smallest absolute Gasteiger partial charge is 0.405 e. The summed E-state index contributed by atoms with van der Waals surface area (Å²) in [4.78, 5) is 0. The van der Waals surface area contributed by atoms with E-state index < -0.39 is 23.9 Å². The molecule has 0 aromatic carbocycles. The lowest BCUT2D eigenvalue weighted by atomic mass is 9.83. The van der Waals surface area contributed by atoms with Crippen LogP contribution in [0.3, 0.4) is 0 Å². The molecule has 0 saturated carbocycles. The van der Waals surface area contributed by atoms with Crippen LogP contribution in [0.2, 0.25) is 0 Å². The van der Waals surface area contributed by atoms with E-state index in [4.69, 9.17) is 4.74 Å². The van der Waals surface area contributed by atoms with Crippen LogP contribution in [-0.4, -0.2) is 23.9 Å². The van der Waals surface area contributed by atoms with Crippen LogP contribution in [-0.2, 0) is 14.2 Å². The van der Waals surface area contributed by atoms with Crippen molar-refractivity contribution in [2.24, 2.45) is 0 Å². The Morgan fingerprint density at radius 1 is 0.714 bits per heavy atom. The van der Waals surface area contributed by atoms with Crippen LogP contribution in [0, 0.1) is 0 Å². The van der Waals surface area contributed by atoms with Crippen molar-refractivity contribution in [2.75, 3.05) is 0 Å². The van der Waals surface area contributed by atoms with Gasteiger partial charge in [-0.05, 0) is 82.3 Å². The predicted molar refractivity (Wildman–Crippen MR) is 139 cm³/mol. The van der Waals surface area contributed by atoms with Gasteiger partial charge in [0.25, 0.3) is 0 Å². The molecule has 3 nitrogen and oxygen atoms in total. The minimum Gasteiger partial charge on any atom is -0.405 e. The summed E-state index contributed by atoms with van der Waals surface area (Å²) in [5, 5.41) is 0. The summed E-state index contributed by atoms with van der Waals surface area (Å²) in [6, 6.07) is 0. The van der Waals surface area contributed by atoms with Crippen LogP contribution in [0.15, 0.2) is 43.0 Å². The summed E-state index contributed by atoms with van der Waals surface area (Å²) in [6.45, 7) is 4.10. The van der Waals surface area contributed by atoms with E-state index in [1.165, 1.54) is 12.2 Å². The zero-order valence-electron chi connectivity index (χ0n) is 19.6. The molecule has 0 aromatic rings. The molecule has 35 heavy (non-hydrogen) atoms. The number of halogens is 8. The third-order valence-corrected chi connectivity index (χ3v) is 7.47. The molecule has 0 bridgehead atoms. The van der Waals surface area contributed by atoms with E-state index in [-0.39, 0.29) is 31.5 Å². The zero-order valence-corrected chi connectivity index (χ0v) is 23.9. The molecule has 2 aliphatic carbocycles. The summed E-state index contributed by atoms with van der Waals surface area (Å²) in [7, 11) is 0. The van der Waals surface area contributed by atoms with Crippen molar-refractivity contribution in [1.29, 1.82) is 0 Å². The molecule has 0 aromatic heterocycles. The summed E-state index contributed by atoms with van der Waals surface area (Å²) in [6.07, 6.45) is 3.36. The molecule has 0 spiro atoms. The molecule has 200 valence electrons. The fourth-order valence-corrected chi connectivity index (χ4v) is 6.02. The highest BCUT2D eigenvalue weighted by Crippen LogP contribution is 2.46. The number of hydrogen-bond donors (Lipinski definition) is 0. The lowest BCUT2D eigenvalue weighted by Crippen LogP contribution is -2.44. The molecule has 2 atom stereocenters. The van der Waals surface area contributed by atoms with Gasteiger partial charge in [-0.3, -0.25) is 0 Å². The van der Waals surface area contributed by atoms with Gasteiger partial charge in [-0.25, -0.2) is 0 Å². The van der Waals surface area contributed by atoms with Crippen LogP contribution in [0.1, 0.15) is 78.1 Å². The first-order valence-electron chi connectivity index (χ1n) is 11.6. The number of hydrogen-bond acceptors (Lipinski definition) is 3. The standard InChI is InChI=1S/C24H30F6I2O3/c1-3-5-7-11-21(13-9-19(17(31)15-21)33-23(25,26)27)35-22(12-8-6-4-2)14-10-20(18(32)16-22)34-24(28,29)30/h9-10,15-16H,3-8,11-14H2,1-2H3. The van der Waals surface area contributed by atoms with Gasteiger partial charge in [0.2, 0.25) is 0 Å². The van der Waals surface area contributed by atoms with Crippen molar-refractivity contribution in [3.63, 3.8) is 0 Å². The van der Waals surface area contributed by atoms with Gasteiger partial charge in [-0.2, -0.15) is 0 Å². The van der Waals surface area contributed by atoms with E-state index in [9.17, 15) is 26.3 Å². The molecule has 0 saturated heterocycles. The molecule has 2 unspecified atom stereocenters. The van der Waals surface area contributed by atoms with Crippen molar-refractivity contribution >= 4 is 45.2 Å². The Morgan fingerprint density at radius 2 is 1.09 bits per heavy atom. The molecule has 2 aliphatic rings. The van der Waals surface area contributed by atoms with Crippen LogP contribution in [0.25, 0.3) is 0 Å². The molecular weight excluding hydrogens is 704 g/mol. The molecule has 0 fully saturated rings. The Hall–Kier alpha value is -0.440. The van der Waals surface area contributed by atoms with E-state index in [2.05, 4.69) is 23.3 Å². The second-order valence-corrected chi connectivity index (χ2v) is 11.1. The molecule has 0 heterocycles. The van der Waals surface area contributed by atoms with E-state index >= 15 is 0 Å². The van der Waals surface area contributed by atoms with E-state index in [0.29, 0.717) is 12.8 Å². The van der Waals surface area contributed by atoms with Crippen LogP contribution >= 0.6 is 45.2 Å². The highest BCUT2D eigenvalue weighted by atomic mass is 127. The van der Waals surface area contributed by atoms with Gasteiger partial charge in [0.1, 0.15) is 11.5 Å². The Balaban J connectivity index is 2.38. The number of unbranched alkanes of at least 4 members (excludes halogenated alkanes) is 4. The molecule has 2 rings (SSSR count). The SMILES string of the molecule is CCCCCC1(OC2(CCCCC)C=C(I)C(OC(F)(F)F)=CC2)C=C(I)C(OC(F)(F)F)=CC1. The Bertz CT molecular complexity index is 779. The minimum absolute atomic E-state index is 0.171. The van der Waals surface area contributed by atoms with Gasteiger partial charge in [-0.1, -0.05) is 52.4 Å². The maximum absolute atomic E-state index is 12.8. The van der Waals surface area contributed by atoms with Crippen molar-refractivity contribution in [2.45, 2.75) is 102 Å². The van der Waals surface area contributed by atoms with E-state index in [0.717, 1.165) is 38.5 Å². The van der Waals surface area contributed by atoms with Crippen molar-refractivity contribution in [1.82, 2.24) is 0 Å². The highest BCUT2D eigenvalue weighted by molar-refractivity contribution is 14.1. The molecule has 11 heteroatoms. The van der Waals surface area contributed by atoms with Crippen molar-refractivity contribution in [3.05, 3.63) is 43.0 Å².